The molecule has 2 rings (SSSR count). The van der Waals surface area contributed by atoms with Gasteiger partial charge in [-0.1, -0.05) is 0 Å². The van der Waals surface area contributed by atoms with Gasteiger partial charge in [0.2, 0.25) is 0 Å². The molecule has 13 heavy (non-hydrogen) atoms. The van der Waals surface area contributed by atoms with Gasteiger partial charge in [-0.2, -0.15) is 0 Å². The number of fused-ring (bicyclic) bond motifs is 1. The molecule has 2 aliphatic rings. The van der Waals surface area contributed by atoms with Crippen molar-refractivity contribution < 1.29 is 4.74 Å². The third-order valence-corrected chi connectivity index (χ3v) is 4.01. The first kappa shape index (κ1) is 9.47. The number of methoxy groups -OCH3 is 1. The Hall–Kier alpha value is -0.0800. The molecular weight excluding hydrogens is 162 g/mol. The van der Waals surface area contributed by atoms with E-state index in [1.807, 2.05) is 7.11 Å². The molecule has 0 amide bonds. The van der Waals surface area contributed by atoms with E-state index in [2.05, 4.69) is 12.4 Å². The molecule has 76 valence electrons. The fraction of sp³-hybridized carbons (Fsp3) is 1.00. The van der Waals surface area contributed by atoms with E-state index in [9.17, 15) is 0 Å². The van der Waals surface area contributed by atoms with Crippen molar-refractivity contribution in [2.75, 3.05) is 14.2 Å². The summed E-state index contributed by atoms with van der Waals surface area (Å²) >= 11 is 0. The van der Waals surface area contributed by atoms with Crippen LogP contribution in [0.5, 0.6) is 0 Å². The lowest BCUT2D eigenvalue weighted by atomic mass is 9.80. The van der Waals surface area contributed by atoms with Crippen LogP contribution in [0.1, 0.15) is 32.1 Å². The molecule has 0 aromatic rings. The van der Waals surface area contributed by atoms with Crippen molar-refractivity contribution in [2.45, 2.75) is 44.2 Å². The maximum Gasteiger partial charge on any atom is 0.0574 e. The maximum absolute atomic E-state index is 5.45. The van der Waals surface area contributed by atoms with Crippen LogP contribution in [0.4, 0.5) is 0 Å². The van der Waals surface area contributed by atoms with Crippen LogP contribution in [0.3, 0.4) is 0 Å². The quantitative estimate of drug-likeness (QED) is 0.705. The number of hydrogen-bond acceptors (Lipinski definition) is 2. The van der Waals surface area contributed by atoms with E-state index in [1.165, 1.54) is 32.1 Å². The zero-order valence-corrected chi connectivity index (χ0v) is 8.75. The molecule has 4 atom stereocenters. The Bertz CT molecular complexity index is 169. The molecule has 2 aliphatic carbocycles. The lowest BCUT2D eigenvalue weighted by Gasteiger charge is -2.30. The molecule has 2 heteroatoms. The van der Waals surface area contributed by atoms with Gasteiger partial charge in [0.1, 0.15) is 0 Å². The Kier molecular flexibility index (Phi) is 2.89. The van der Waals surface area contributed by atoms with Crippen molar-refractivity contribution in [1.82, 2.24) is 5.32 Å². The van der Waals surface area contributed by atoms with Gasteiger partial charge >= 0.3 is 0 Å². The van der Waals surface area contributed by atoms with Crippen LogP contribution >= 0.6 is 0 Å². The van der Waals surface area contributed by atoms with Crippen molar-refractivity contribution in [3.8, 4) is 0 Å². The van der Waals surface area contributed by atoms with E-state index in [4.69, 9.17) is 4.74 Å². The van der Waals surface area contributed by atoms with Gasteiger partial charge < -0.3 is 10.1 Å². The first-order valence-corrected chi connectivity index (χ1v) is 5.53. The minimum absolute atomic E-state index is 0.553. The molecule has 0 bridgehead atoms. The molecule has 2 fully saturated rings. The Morgan fingerprint density at radius 3 is 2.54 bits per heavy atom. The van der Waals surface area contributed by atoms with Gasteiger partial charge in [-0.15, -0.1) is 0 Å². The van der Waals surface area contributed by atoms with Gasteiger partial charge in [0.15, 0.2) is 0 Å². The van der Waals surface area contributed by atoms with Crippen LogP contribution in [0.2, 0.25) is 0 Å². The molecule has 2 saturated carbocycles. The summed E-state index contributed by atoms with van der Waals surface area (Å²) in [5, 5.41) is 3.41. The fourth-order valence-electron chi connectivity index (χ4n) is 3.16. The van der Waals surface area contributed by atoms with Crippen LogP contribution in [-0.2, 0) is 4.74 Å². The normalized spacial score (nSPS) is 44.8. The molecular formula is C11H21NO. The first-order valence-electron chi connectivity index (χ1n) is 5.53. The van der Waals surface area contributed by atoms with Gasteiger partial charge in [-0.05, 0) is 51.0 Å². The van der Waals surface area contributed by atoms with Gasteiger partial charge in [0.05, 0.1) is 6.10 Å². The topological polar surface area (TPSA) is 21.3 Å². The van der Waals surface area contributed by atoms with E-state index in [1.54, 1.807) is 0 Å². The first-order chi connectivity index (χ1) is 6.33. The highest BCUT2D eigenvalue weighted by Crippen LogP contribution is 2.42. The monoisotopic (exact) mass is 183 g/mol. The lowest BCUT2D eigenvalue weighted by Crippen LogP contribution is -2.25. The molecule has 2 nitrogen and oxygen atoms in total. The minimum atomic E-state index is 0.553. The summed E-state index contributed by atoms with van der Waals surface area (Å²) in [5.74, 6) is 1.93. The summed E-state index contributed by atoms with van der Waals surface area (Å²) in [6.45, 7) is 0. The molecule has 0 spiro atoms. The molecule has 0 saturated heterocycles. The molecule has 0 aromatic heterocycles. The second kappa shape index (κ2) is 3.97. The Labute approximate surface area is 81.0 Å². The summed E-state index contributed by atoms with van der Waals surface area (Å²) in [4.78, 5) is 0. The van der Waals surface area contributed by atoms with Gasteiger partial charge in [0.25, 0.3) is 0 Å². The van der Waals surface area contributed by atoms with Crippen LogP contribution in [0.25, 0.3) is 0 Å². The van der Waals surface area contributed by atoms with E-state index in [0.717, 1.165) is 17.9 Å². The maximum atomic E-state index is 5.45. The molecule has 4 unspecified atom stereocenters. The summed E-state index contributed by atoms with van der Waals surface area (Å²) in [6, 6.07) is 0.783. The summed E-state index contributed by atoms with van der Waals surface area (Å²) in [7, 11) is 3.95. The van der Waals surface area contributed by atoms with Crippen LogP contribution in [0, 0.1) is 11.8 Å². The number of hydrogen-bond donors (Lipinski definition) is 1. The average molecular weight is 183 g/mol. The second-order valence-corrected chi connectivity index (χ2v) is 4.65. The van der Waals surface area contributed by atoms with E-state index >= 15 is 0 Å². The predicted octanol–water partition coefficient (Wildman–Crippen LogP) is 1.80. The summed E-state index contributed by atoms with van der Waals surface area (Å²) in [6.07, 6.45) is 7.31. The molecule has 1 N–H and O–H groups in total. The fourth-order valence-corrected chi connectivity index (χ4v) is 3.16. The predicted molar refractivity (Wildman–Crippen MR) is 53.7 cm³/mol. The highest BCUT2D eigenvalue weighted by Gasteiger charge is 2.37. The molecule has 0 aromatic carbocycles. The third-order valence-electron chi connectivity index (χ3n) is 4.01. The molecule has 0 radical (unpaired) electrons. The van der Waals surface area contributed by atoms with Crippen molar-refractivity contribution >= 4 is 0 Å². The lowest BCUT2D eigenvalue weighted by molar-refractivity contribution is 0.0367. The van der Waals surface area contributed by atoms with Crippen LogP contribution in [-0.4, -0.2) is 26.3 Å². The number of ether oxygens (including phenoxy) is 1. The Morgan fingerprint density at radius 2 is 1.85 bits per heavy atom. The van der Waals surface area contributed by atoms with Crippen molar-refractivity contribution in [1.29, 1.82) is 0 Å². The van der Waals surface area contributed by atoms with Crippen molar-refractivity contribution in [2.24, 2.45) is 11.8 Å². The van der Waals surface area contributed by atoms with E-state index in [-0.39, 0.29) is 0 Å². The summed E-state index contributed by atoms with van der Waals surface area (Å²) in [5.41, 5.74) is 0. The third kappa shape index (κ3) is 1.89. The van der Waals surface area contributed by atoms with E-state index < -0.39 is 0 Å². The average Bonchev–Trinajstić information content (AvgIpc) is 2.58. The van der Waals surface area contributed by atoms with Crippen molar-refractivity contribution in [3.63, 3.8) is 0 Å². The standard InChI is InChI=1S/C11H21NO/c1-12-10-5-8-3-4-11(13-2)7-9(8)6-10/h8-12H,3-7H2,1-2H3. The Morgan fingerprint density at radius 1 is 1.08 bits per heavy atom. The van der Waals surface area contributed by atoms with Crippen LogP contribution < -0.4 is 5.32 Å². The molecule has 0 heterocycles. The summed E-state index contributed by atoms with van der Waals surface area (Å²) < 4.78 is 5.45. The second-order valence-electron chi connectivity index (χ2n) is 4.65. The van der Waals surface area contributed by atoms with Crippen LogP contribution in [0.15, 0.2) is 0 Å². The van der Waals surface area contributed by atoms with Crippen molar-refractivity contribution in [3.05, 3.63) is 0 Å². The van der Waals surface area contributed by atoms with E-state index in [0.29, 0.717) is 6.10 Å². The number of rotatable bonds is 2. The van der Waals surface area contributed by atoms with Gasteiger partial charge in [-0.25, -0.2) is 0 Å². The largest absolute Gasteiger partial charge is 0.381 e. The SMILES string of the molecule is CNC1CC2CCC(OC)CC2C1. The molecule has 0 aliphatic heterocycles. The number of nitrogens with one attached hydrogen (secondary N) is 1. The zero-order valence-electron chi connectivity index (χ0n) is 8.75. The highest BCUT2D eigenvalue weighted by atomic mass is 16.5. The Balaban J connectivity index is 1.90. The van der Waals surface area contributed by atoms with Gasteiger partial charge in [0, 0.05) is 13.2 Å². The smallest absolute Gasteiger partial charge is 0.0574 e. The zero-order chi connectivity index (χ0) is 9.26. The highest BCUT2D eigenvalue weighted by molar-refractivity contribution is 4.91. The van der Waals surface area contributed by atoms with Gasteiger partial charge in [-0.3, -0.25) is 0 Å². The minimum Gasteiger partial charge on any atom is -0.381 e.